The van der Waals surface area contributed by atoms with Gasteiger partial charge in [-0.2, -0.15) is 0 Å². The maximum Gasteiger partial charge on any atom is 0.254 e. The number of nitrogens with zero attached hydrogens (tertiary/aromatic N) is 3. The number of amides is 2. The molecular weight excluding hydrogens is 434 g/mol. The Morgan fingerprint density at radius 1 is 0.941 bits per heavy atom. The van der Waals surface area contributed by atoms with E-state index in [1.807, 2.05) is 59.0 Å². The molecule has 0 spiro atoms. The largest absolute Gasteiger partial charge is 0.496 e. The number of hydrogen-bond acceptors (Lipinski definition) is 6. The molecule has 3 heterocycles. The van der Waals surface area contributed by atoms with Gasteiger partial charge in [0, 0.05) is 47.6 Å². The van der Waals surface area contributed by atoms with E-state index in [1.165, 1.54) is 0 Å². The van der Waals surface area contributed by atoms with E-state index in [9.17, 15) is 9.59 Å². The molecule has 0 saturated carbocycles. The Hall–Kier alpha value is -3.52. The third-order valence-corrected chi connectivity index (χ3v) is 6.94. The number of carbonyl (C=O) groups is 2. The molecule has 0 unspecified atom stereocenters. The van der Waals surface area contributed by atoms with Gasteiger partial charge in [-0.3, -0.25) is 14.5 Å². The zero-order chi connectivity index (χ0) is 24.1. The smallest absolute Gasteiger partial charge is 0.254 e. The molecule has 0 aliphatic carbocycles. The van der Waals surface area contributed by atoms with Gasteiger partial charge in [-0.25, -0.2) is 0 Å². The summed E-state index contributed by atoms with van der Waals surface area (Å²) in [5.41, 5.74) is 5.07. The fourth-order valence-corrected chi connectivity index (χ4v) is 5.53. The van der Waals surface area contributed by atoms with E-state index in [4.69, 9.17) is 14.2 Å². The Morgan fingerprint density at radius 3 is 2.32 bits per heavy atom. The monoisotopic (exact) mass is 463 g/mol. The van der Waals surface area contributed by atoms with Crippen LogP contribution in [0.25, 0.3) is 6.08 Å². The topological polar surface area (TPSA) is 71.6 Å². The van der Waals surface area contributed by atoms with Gasteiger partial charge in [-0.15, -0.1) is 0 Å². The Kier molecular flexibility index (Phi) is 5.48. The van der Waals surface area contributed by atoms with Crippen LogP contribution in [0.3, 0.4) is 0 Å². The zero-order valence-corrected chi connectivity index (χ0v) is 20.2. The first-order chi connectivity index (χ1) is 16.4. The molecule has 0 N–H and O–H groups in total. The zero-order valence-electron chi connectivity index (χ0n) is 20.2. The van der Waals surface area contributed by atoms with Crippen molar-refractivity contribution in [3.8, 4) is 17.2 Å². The SMILES string of the molecule is COc1c(C)c(OC)c(OC)c2c1C=C1CN(C)CC(=O)N1[C@H]2CN1Cc2ccccc2C1=O. The minimum absolute atomic E-state index is 0.0135. The van der Waals surface area contributed by atoms with Crippen molar-refractivity contribution in [2.75, 3.05) is 48.0 Å². The lowest BCUT2D eigenvalue weighted by atomic mass is 9.88. The van der Waals surface area contributed by atoms with Gasteiger partial charge in [0.05, 0.1) is 33.9 Å². The number of benzene rings is 2. The highest BCUT2D eigenvalue weighted by molar-refractivity contribution is 5.98. The van der Waals surface area contributed by atoms with E-state index in [2.05, 4.69) is 0 Å². The predicted molar refractivity (Wildman–Crippen MR) is 127 cm³/mol. The molecule has 2 aromatic rings. The molecule has 178 valence electrons. The fourth-order valence-electron chi connectivity index (χ4n) is 5.53. The Balaban J connectivity index is 1.69. The van der Waals surface area contributed by atoms with Crippen molar-refractivity contribution >= 4 is 17.9 Å². The van der Waals surface area contributed by atoms with E-state index in [0.29, 0.717) is 49.0 Å². The number of fused-ring (bicyclic) bond motifs is 3. The molecule has 1 fully saturated rings. The summed E-state index contributed by atoms with van der Waals surface area (Å²) < 4.78 is 17.4. The van der Waals surface area contributed by atoms with Gasteiger partial charge in [0.15, 0.2) is 11.5 Å². The van der Waals surface area contributed by atoms with Crippen molar-refractivity contribution in [2.24, 2.45) is 0 Å². The van der Waals surface area contributed by atoms with Crippen LogP contribution in [0.1, 0.15) is 38.7 Å². The molecular formula is C26H29N3O5. The van der Waals surface area contributed by atoms with Gasteiger partial charge < -0.3 is 24.0 Å². The minimum Gasteiger partial charge on any atom is -0.496 e. The molecule has 8 nitrogen and oxygen atoms in total. The summed E-state index contributed by atoms with van der Waals surface area (Å²) in [5.74, 6) is 1.77. The second-order valence-corrected chi connectivity index (χ2v) is 8.98. The standard InChI is InChI=1S/C26H29N3O5/c1-15-23(32-3)19-10-17-12-27(2)14-21(30)29(17)20(22(19)25(34-5)24(15)33-4)13-28-11-16-8-6-7-9-18(16)26(28)31/h6-10,20H,11-14H2,1-5H3/t20-/m0/s1. The predicted octanol–water partition coefficient (Wildman–Crippen LogP) is 2.85. The lowest BCUT2D eigenvalue weighted by Gasteiger charge is -2.44. The first kappa shape index (κ1) is 22.3. The summed E-state index contributed by atoms with van der Waals surface area (Å²) in [7, 11) is 6.76. The molecule has 5 rings (SSSR count). The number of carbonyl (C=O) groups excluding carboxylic acids is 2. The average Bonchev–Trinajstić information content (AvgIpc) is 3.13. The van der Waals surface area contributed by atoms with Crippen LogP contribution < -0.4 is 14.2 Å². The highest BCUT2D eigenvalue weighted by Gasteiger charge is 2.43. The van der Waals surface area contributed by atoms with Crippen molar-refractivity contribution in [1.29, 1.82) is 0 Å². The summed E-state index contributed by atoms with van der Waals surface area (Å²) in [5, 5.41) is 0. The number of likely N-dealkylation sites (N-methyl/N-ethyl adjacent to an activating group) is 1. The number of ether oxygens (including phenoxy) is 3. The van der Waals surface area contributed by atoms with Crippen molar-refractivity contribution < 1.29 is 23.8 Å². The highest BCUT2D eigenvalue weighted by Crippen LogP contribution is 2.51. The van der Waals surface area contributed by atoms with Crippen molar-refractivity contribution in [2.45, 2.75) is 19.5 Å². The summed E-state index contributed by atoms with van der Waals surface area (Å²) >= 11 is 0. The van der Waals surface area contributed by atoms with Gasteiger partial charge in [0.1, 0.15) is 5.75 Å². The lowest BCUT2D eigenvalue weighted by molar-refractivity contribution is -0.135. The molecule has 8 heteroatoms. The molecule has 2 amide bonds. The molecule has 2 aromatic carbocycles. The summed E-state index contributed by atoms with van der Waals surface area (Å²) in [4.78, 5) is 32.2. The highest BCUT2D eigenvalue weighted by atomic mass is 16.5. The number of methoxy groups -OCH3 is 3. The molecule has 34 heavy (non-hydrogen) atoms. The van der Waals surface area contributed by atoms with Crippen molar-refractivity contribution in [1.82, 2.24) is 14.7 Å². The van der Waals surface area contributed by atoms with Crippen LogP contribution >= 0.6 is 0 Å². The Labute approximate surface area is 199 Å². The summed E-state index contributed by atoms with van der Waals surface area (Å²) in [6.07, 6.45) is 2.01. The first-order valence-corrected chi connectivity index (χ1v) is 11.3. The first-order valence-electron chi connectivity index (χ1n) is 11.3. The maximum atomic E-state index is 13.3. The molecule has 0 bridgehead atoms. The Bertz CT molecular complexity index is 1220. The second-order valence-electron chi connectivity index (χ2n) is 8.98. The van der Waals surface area contributed by atoms with E-state index in [1.54, 1.807) is 21.3 Å². The number of rotatable bonds is 5. The maximum absolute atomic E-state index is 13.3. The van der Waals surface area contributed by atoms with Crippen LogP contribution in [0.15, 0.2) is 30.0 Å². The third kappa shape index (κ3) is 3.24. The van der Waals surface area contributed by atoms with Crippen LogP contribution in [0.2, 0.25) is 0 Å². The number of piperazine rings is 1. The second kappa shape index (κ2) is 8.36. The van der Waals surface area contributed by atoms with Crippen LogP contribution in [-0.4, -0.2) is 74.5 Å². The van der Waals surface area contributed by atoms with Gasteiger partial charge >= 0.3 is 0 Å². The summed E-state index contributed by atoms with van der Waals surface area (Å²) in [6, 6.07) is 7.22. The van der Waals surface area contributed by atoms with Crippen LogP contribution in [0.5, 0.6) is 17.2 Å². The van der Waals surface area contributed by atoms with Gasteiger partial charge in [0.25, 0.3) is 5.91 Å². The van der Waals surface area contributed by atoms with E-state index < -0.39 is 6.04 Å². The van der Waals surface area contributed by atoms with Crippen LogP contribution in [-0.2, 0) is 11.3 Å². The quantitative estimate of drug-likeness (QED) is 0.679. The normalized spacial score (nSPS) is 19.4. The molecule has 0 radical (unpaired) electrons. The van der Waals surface area contributed by atoms with E-state index >= 15 is 0 Å². The molecule has 1 saturated heterocycles. The van der Waals surface area contributed by atoms with Crippen molar-refractivity contribution in [3.05, 3.63) is 57.8 Å². The lowest BCUT2D eigenvalue weighted by Crippen LogP contribution is -2.52. The van der Waals surface area contributed by atoms with Crippen LogP contribution in [0.4, 0.5) is 0 Å². The molecule has 3 aliphatic rings. The van der Waals surface area contributed by atoms with Gasteiger partial charge in [0.2, 0.25) is 5.91 Å². The summed E-state index contributed by atoms with van der Waals surface area (Å²) in [6.45, 7) is 3.69. The third-order valence-electron chi connectivity index (χ3n) is 6.94. The van der Waals surface area contributed by atoms with Gasteiger partial charge in [-0.1, -0.05) is 18.2 Å². The van der Waals surface area contributed by atoms with E-state index in [0.717, 1.165) is 28.0 Å². The van der Waals surface area contributed by atoms with Crippen LogP contribution in [0, 0.1) is 6.92 Å². The molecule has 0 aromatic heterocycles. The van der Waals surface area contributed by atoms with E-state index in [-0.39, 0.29) is 11.8 Å². The van der Waals surface area contributed by atoms with Crippen molar-refractivity contribution in [3.63, 3.8) is 0 Å². The molecule has 1 atom stereocenters. The van der Waals surface area contributed by atoms with Gasteiger partial charge in [-0.05, 0) is 31.7 Å². The fraction of sp³-hybridized carbons (Fsp3) is 0.385. The average molecular weight is 464 g/mol. The molecule has 3 aliphatic heterocycles. The number of hydrogen-bond donors (Lipinski definition) is 0. The minimum atomic E-state index is -0.437. The Morgan fingerprint density at radius 2 is 1.65 bits per heavy atom.